The fourth-order valence-corrected chi connectivity index (χ4v) is 1.28. The molecule has 0 aliphatic carbocycles. The van der Waals surface area contributed by atoms with Crippen molar-refractivity contribution in [3.63, 3.8) is 0 Å². The van der Waals surface area contributed by atoms with Crippen LogP contribution in [-0.4, -0.2) is 0 Å². The molecular formula is C9H11BrFN. The van der Waals surface area contributed by atoms with Gasteiger partial charge in [0.2, 0.25) is 0 Å². The summed E-state index contributed by atoms with van der Waals surface area (Å²) >= 11 is 3.25. The van der Waals surface area contributed by atoms with E-state index < -0.39 is 5.67 Å². The summed E-state index contributed by atoms with van der Waals surface area (Å²) < 4.78 is 14.1. The smallest absolute Gasteiger partial charge is 0.130 e. The standard InChI is InChI=1S/C9H11BrFN/c1-9(2,11)6-3-4-8(12)7(10)5-6/h3-5H,12H2,1-2H3. The molecule has 0 heterocycles. The first-order valence-electron chi connectivity index (χ1n) is 3.65. The second kappa shape index (κ2) is 3.05. The number of benzene rings is 1. The van der Waals surface area contributed by atoms with Gasteiger partial charge in [-0.15, -0.1) is 0 Å². The minimum atomic E-state index is -1.31. The molecule has 0 bridgehead atoms. The van der Waals surface area contributed by atoms with Gasteiger partial charge in [-0.25, -0.2) is 4.39 Å². The molecule has 0 saturated carbocycles. The van der Waals surface area contributed by atoms with Crippen LogP contribution < -0.4 is 5.73 Å². The molecule has 1 rings (SSSR count). The molecule has 0 unspecified atom stereocenters. The highest BCUT2D eigenvalue weighted by Crippen LogP contribution is 2.29. The first kappa shape index (κ1) is 9.52. The third-order valence-electron chi connectivity index (χ3n) is 1.69. The van der Waals surface area contributed by atoms with E-state index in [9.17, 15) is 4.39 Å². The van der Waals surface area contributed by atoms with E-state index in [1.165, 1.54) is 13.8 Å². The number of rotatable bonds is 1. The predicted molar refractivity (Wildman–Crippen MR) is 52.7 cm³/mol. The monoisotopic (exact) mass is 231 g/mol. The Bertz CT molecular complexity index is 291. The number of anilines is 1. The molecule has 0 aliphatic heterocycles. The molecule has 12 heavy (non-hydrogen) atoms. The Labute approximate surface area is 79.9 Å². The Morgan fingerprint density at radius 3 is 2.42 bits per heavy atom. The van der Waals surface area contributed by atoms with Gasteiger partial charge in [-0.1, -0.05) is 6.07 Å². The fraction of sp³-hybridized carbons (Fsp3) is 0.333. The lowest BCUT2D eigenvalue weighted by atomic mass is 10.0. The van der Waals surface area contributed by atoms with Gasteiger partial charge in [-0.3, -0.25) is 0 Å². The lowest BCUT2D eigenvalue weighted by molar-refractivity contribution is 0.221. The highest BCUT2D eigenvalue weighted by Gasteiger charge is 2.18. The van der Waals surface area contributed by atoms with E-state index in [1.807, 2.05) is 0 Å². The van der Waals surface area contributed by atoms with E-state index in [-0.39, 0.29) is 0 Å². The molecule has 1 aromatic carbocycles. The van der Waals surface area contributed by atoms with Crippen LogP contribution in [0, 0.1) is 0 Å². The molecule has 0 saturated heterocycles. The van der Waals surface area contributed by atoms with Crippen LogP contribution in [0.4, 0.5) is 10.1 Å². The number of hydrogen-bond donors (Lipinski definition) is 1. The first-order chi connectivity index (χ1) is 5.41. The third kappa shape index (κ3) is 1.97. The van der Waals surface area contributed by atoms with Gasteiger partial charge in [0.25, 0.3) is 0 Å². The van der Waals surface area contributed by atoms with Crippen molar-refractivity contribution in [2.24, 2.45) is 0 Å². The molecule has 2 N–H and O–H groups in total. The lowest BCUT2D eigenvalue weighted by Crippen LogP contribution is -2.08. The molecule has 3 heteroatoms. The summed E-state index contributed by atoms with van der Waals surface area (Å²) in [6.07, 6.45) is 0. The van der Waals surface area contributed by atoms with E-state index in [4.69, 9.17) is 5.73 Å². The molecule has 1 nitrogen and oxygen atoms in total. The number of alkyl halides is 1. The van der Waals surface area contributed by atoms with Crippen LogP contribution in [0.25, 0.3) is 0 Å². The van der Waals surface area contributed by atoms with Crippen molar-refractivity contribution in [1.29, 1.82) is 0 Å². The Kier molecular flexibility index (Phi) is 2.42. The normalized spacial score (nSPS) is 11.7. The summed E-state index contributed by atoms with van der Waals surface area (Å²) in [6, 6.07) is 5.09. The number of nitrogen functional groups attached to an aromatic ring is 1. The van der Waals surface area contributed by atoms with Gasteiger partial charge in [0.05, 0.1) is 0 Å². The van der Waals surface area contributed by atoms with Gasteiger partial charge in [0, 0.05) is 10.2 Å². The quantitative estimate of drug-likeness (QED) is 0.739. The predicted octanol–water partition coefficient (Wildman–Crippen LogP) is 3.24. The van der Waals surface area contributed by atoms with Crippen molar-refractivity contribution in [3.8, 4) is 0 Å². The topological polar surface area (TPSA) is 26.0 Å². The number of nitrogens with two attached hydrogens (primary N) is 1. The fourth-order valence-electron chi connectivity index (χ4n) is 0.897. The van der Waals surface area contributed by atoms with Crippen LogP contribution in [0.3, 0.4) is 0 Å². The zero-order valence-corrected chi connectivity index (χ0v) is 8.65. The maximum absolute atomic E-state index is 13.4. The van der Waals surface area contributed by atoms with E-state index in [2.05, 4.69) is 15.9 Å². The van der Waals surface area contributed by atoms with Crippen molar-refractivity contribution < 1.29 is 4.39 Å². The molecule has 1 aromatic rings. The Balaban J connectivity index is 3.14. The van der Waals surface area contributed by atoms with Crippen LogP contribution >= 0.6 is 15.9 Å². The average Bonchev–Trinajstić information content (AvgIpc) is 1.92. The van der Waals surface area contributed by atoms with Gasteiger partial charge in [0.1, 0.15) is 5.67 Å². The minimum absolute atomic E-state index is 0.628. The van der Waals surface area contributed by atoms with E-state index in [0.717, 1.165) is 4.47 Å². The minimum Gasteiger partial charge on any atom is -0.398 e. The van der Waals surface area contributed by atoms with Crippen molar-refractivity contribution in [1.82, 2.24) is 0 Å². The second-order valence-corrected chi connectivity index (χ2v) is 4.06. The first-order valence-corrected chi connectivity index (χ1v) is 4.45. The SMILES string of the molecule is CC(C)(F)c1ccc(N)c(Br)c1. The van der Waals surface area contributed by atoms with E-state index in [0.29, 0.717) is 11.3 Å². The molecule has 0 atom stereocenters. The van der Waals surface area contributed by atoms with Crippen LogP contribution in [0.2, 0.25) is 0 Å². The van der Waals surface area contributed by atoms with Crippen LogP contribution in [0.5, 0.6) is 0 Å². The van der Waals surface area contributed by atoms with Crippen LogP contribution in [-0.2, 0) is 5.67 Å². The summed E-state index contributed by atoms with van der Waals surface area (Å²) in [7, 11) is 0. The summed E-state index contributed by atoms with van der Waals surface area (Å²) in [5.74, 6) is 0. The zero-order valence-electron chi connectivity index (χ0n) is 7.07. The van der Waals surface area contributed by atoms with E-state index >= 15 is 0 Å². The van der Waals surface area contributed by atoms with Gasteiger partial charge >= 0.3 is 0 Å². The molecule has 0 spiro atoms. The van der Waals surface area contributed by atoms with Gasteiger partial charge in [-0.05, 0) is 47.5 Å². The van der Waals surface area contributed by atoms with Crippen molar-refractivity contribution in [2.45, 2.75) is 19.5 Å². The van der Waals surface area contributed by atoms with Crippen molar-refractivity contribution in [3.05, 3.63) is 28.2 Å². The third-order valence-corrected chi connectivity index (χ3v) is 2.37. The number of hydrogen-bond acceptors (Lipinski definition) is 1. The molecule has 0 radical (unpaired) electrons. The Morgan fingerprint density at radius 2 is 2.00 bits per heavy atom. The molecule has 0 fully saturated rings. The molecule has 0 amide bonds. The van der Waals surface area contributed by atoms with Crippen molar-refractivity contribution in [2.75, 3.05) is 5.73 Å². The molecule has 0 aromatic heterocycles. The highest BCUT2D eigenvalue weighted by atomic mass is 79.9. The molecular weight excluding hydrogens is 221 g/mol. The average molecular weight is 232 g/mol. The largest absolute Gasteiger partial charge is 0.398 e. The summed E-state index contributed by atoms with van der Waals surface area (Å²) in [5, 5.41) is 0. The molecule has 66 valence electrons. The zero-order chi connectivity index (χ0) is 9.35. The van der Waals surface area contributed by atoms with Gasteiger partial charge < -0.3 is 5.73 Å². The summed E-state index contributed by atoms with van der Waals surface area (Å²) in [6.45, 7) is 3.04. The summed E-state index contributed by atoms with van der Waals surface area (Å²) in [4.78, 5) is 0. The Morgan fingerprint density at radius 1 is 1.42 bits per heavy atom. The maximum Gasteiger partial charge on any atom is 0.130 e. The van der Waals surface area contributed by atoms with Gasteiger partial charge in [-0.2, -0.15) is 0 Å². The van der Waals surface area contributed by atoms with E-state index in [1.54, 1.807) is 18.2 Å². The summed E-state index contributed by atoms with van der Waals surface area (Å²) in [5.41, 5.74) is 5.51. The van der Waals surface area contributed by atoms with Gasteiger partial charge in [0.15, 0.2) is 0 Å². The van der Waals surface area contributed by atoms with Crippen LogP contribution in [0.1, 0.15) is 19.4 Å². The second-order valence-electron chi connectivity index (χ2n) is 3.21. The highest BCUT2D eigenvalue weighted by molar-refractivity contribution is 9.10. The number of halogens is 2. The molecule has 0 aliphatic rings. The van der Waals surface area contributed by atoms with Crippen molar-refractivity contribution >= 4 is 21.6 Å². The maximum atomic E-state index is 13.4. The van der Waals surface area contributed by atoms with Crippen LogP contribution in [0.15, 0.2) is 22.7 Å². The lowest BCUT2D eigenvalue weighted by Gasteiger charge is -2.15. The Hall–Kier alpha value is -0.570.